The largest absolute Gasteiger partial charge is 0.459 e. The molecular formula is C75H66N4O20S. The molecule has 0 aromatic heterocycles. The lowest BCUT2D eigenvalue weighted by molar-refractivity contribution is -0.306. The molecule has 0 saturated carbocycles. The number of nitrogens with zero attached hydrogens (tertiary/aromatic N) is 2. The number of hydrogen-bond acceptors (Lipinski definition) is 23. The van der Waals surface area contributed by atoms with Gasteiger partial charge in [-0.05, 0) is 116 Å². The first-order valence-electron chi connectivity index (χ1n) is 31.7. The van der Waals surface area contributed by atoms with Crippen molar-refractivity contribution in [3.05, 3.63) is 287 Å². The van der Waals surface area contributed by atoms with Gasteiger partial charge in [0.25, 0.3) is 0 Å². The summed E-state index contributed by atoms with van der Waals surface area (Å²) >= 11 is 5.86. The minimum absolute atomic E-state index is 0.0227. The molecule has 512 valence electrons. The fourth-order valence-corrected chi connectivity index (χ4v) is 10.8. The molecule has 8 aromatic rings. The van der Waals surface area contributed by atoms with Crippen molar-refractivity contribution in [2.75, 3.05) is 33.0 Å². The second-order valence-corrected chi connectivity index (χ2v) is 23.4. The number of carbonyl (C=O) groups is 8. The lowest BCUT2D eigenvalue weighted by atomic mass is 9.97. The molecule has 0 radical (unpaired) electrons. The molecule has 2 fully saturated rings. The number of carbonyl (C=O) groups excluding carboxylic acids is 8. The summed E-state index contributed by atoms with van der Waals surface area (Å²) in [6, 6.07) is 61.6. The monoisotopic (exact) mass is 1370 g/mol. The highest BCUT2D eigenvalue weighted by Gasteiger charge is 2.56. The molecule has 25 heteroatoms. The average Bonchev–Trinajstić information content (AvgIpc) is 0.862. The molecule has 10 atom stereocenters. The molecule has 0 bridgehead atoms. The van der Waals surface area contributed by atoms with Gasteiger partial charge < -0.3 is 67.5 Å². The van der Waals surface area contributed by atoms with E-state index < -0.39 is 147 Å². The average molecular weight is 1380 g/mol. The van der Waals surface area contributed by atoms with E-state index in [1.54, 1.807) is 153 Å². The van der Waals surface area contributed by atoms with Crippen molar-refractivity contribution in [2.24, 2.45) is 10.2 Å². The number of rotatable bonds is 27. The summed E-state index contributed by atoms with van der Waals surface area (Å²) in [5.41, 5.74) is -0.279. The summed E-state index contributed by atoms with van der Waals surface area (Å²) in [6.07, 6.45) is -17.7. The number of hydrogen-bond donors (Lipinski definition) is 2. The van der Waals surface area contributed by atoms with Crippen molar-refractivity contribution in [2.45, 2.75) is 80.0 Å². The van der Waals surface area contributed by atoms with Crippen LogP contribution >= 0.6 is 12.2 Å². The zero-order valence-electron chi connectivity index (χ0n) is 53.4. The predicted molar refractivity (Wildman–Crippen MR) is 357 cm³/mol. The smallest absolute Gasteiger partial charge is 0.338 e. The van der Waals surface area contributed by atoms with Crippen LogP contribution in [0.25, 0.3) is 0 Å². The van der Waals surface area contributed by atoms with Crippen molar-refractivity contribution >= 4 is 65.1 Å². The van der Waals surface area contributed by atoms with Crippen LogP contribution in [0, 0.1) is 0 Å². The summed E-state index contributed by atoms with van der Waals surface area (Å²) in [4.78, 5) is 114. The minimum Gasteiger partial charge on any atom is -0.459 e. The van der Waals surface area contributed by atoms with E-state index in [2.05, 4.69) is 20.9 Å². The third-order valence-electron chi connectivity index (χ3n) is 15.8. The number of benzene rings is 8. The first kappa shape index (κ1) is 70.0. The van der Waals surface area contributed by atoms with Crippen LogP contribution in [-0.4, -0.2) is 159 Å². The van der Waals surface area contributed by atoms with E-state index in [1.807, 2.05) is 0 Å². The van der Waals surface area contributed by atoms with Crippen molar-refractivity contribution in [3.63, 3.8) is 0 Å². The first-order chi connectivity index (χ1) is 48.6. The molecule has 0 spiro atoms. The molecule has 8 aromatic carbocycles. The van der Waals surface area contributed by atoms with Gasteiger partial charge in [-0.25, -0.2) is 38.4 Å². The Bertz CT molecular complexity index is 3880. The van der Waals surface area contributed by atoms with E-state index in [0.717, 1.165) is 0 Å². The Labute approximate surface area is 578 Å². The fraction of sp³-hybridized carbons (Fsp3) is 0.240. The SMILES string of the molecule is CC1(CNC(=S)NC(CO[C@H]2O[C@H](COC(=O)c3ccccc3)[C@@H](OC(=O)c3ccccc3)[C@H](OC(=O)c3ccccc3)[C@@H]2OC(=O)c2ccccc2)CO[C@H]2O[C@H](COC(=O)c3ccccc3)[C@@H](OC(=O)c3ccccc3)[C@H](OC(=O)c3ccccc3)[C@@H]2OC(=O)c2ccccc2)N=N1. The maximum atomic E-state index is 14.5. The number of thiocarbonyl (C=S) groups is 1. The summed E-state index contributed by atoms with van der Waals surface area (Å²) in [7, 11) is 0. The highest BCUT2D eigenvalue weighted by atomic mass is 32.1. The topological polar surface area (TPSA) is 296 Å². The Morgan fingerprint density at radius 1 is 0.370 bits per heavy atom. The number of nitrogens with one attached hydrogen (secondary N) is 2. The van der Waals surface area contributed by atoms with E-state index >= 15 is 0 Å². The lowest BCUT2D eigenvalue weighted by Gasteiger charge is -2.45. The second-order valence-electron chi connectivity index (χ2n) is 23.0. The van der Waals surface area contributed by atoms with Crippen LogP contribution in [0.4, 0.5) is 0 Å². The summed E-state index contributed by atoms with van der Waals surface area (Å²) in [6.45, 7) is -0.695. The molecule has 11 rings (SSSR count). The van der Waals surface area contributed by atoms with Gasteiger partial charge in [-0.15, -0.1) is 0 Å². The Balaban J connectivity index is 0.978. The van der Waals surface area contributed by atoms with Crippen LogP contribution in [0.1, 0.15) is 89.8 Å². The zero-order valence-corrected chi connectivity index (χ0v) is 54.3. The van der Waals surface area contributed by atoms with Crippen molar-refractivity contribution in [1.29, 1.82) is 0 Å². The summed E-state index contributed by atoms with van der Waals surface area (Å²) in [5, 5.41) is 14.3. The van der Waals surface area contributed by atoms with Crippen LogP contribution in [-0.2, 0) is 56.8 Å². The number of esters is 8. The van der Waals surface area contributed by atoms with Gasteiger partial charge in [-0.3, -0.25) is 0 Å². The Kier molecular flexibility index (Phi) is 23.6. The van der Waals surface area contributed by atoms with Crippen LogP contribution in [0.3, 0.4) is 0 Å². The summed E-state index contributed by atoms with van der Waals surface area (Å²) < 4.78 is 76.3. The molecule has 3 aliphatic rings. The molecule has 2 saturated heterocycles. The lowest BCUT2D eigenvalue weighted by Crippen LogP contribution is -2.64. The van der Waals surface area contributed by atoms with E-state index in [0.29, 0.717) is 0 Å². The normalized spacial score (nSPS) is 20.9. The molecule has 0 amide bonds. The van der Waals surface area contributed by atoms with Crippen LogP contribution < -0.4 is 10.6 Å². The van der Waals surface area contributed by atoms with E-state index in [4.69, 9.17) is 69.1 Å². The van der Waals surface area contributed by atoms with Crippen LogP contribution in [0.5, 0.6) is 0 Å². The molecule has 0 unspecified atom stereocenters. The van der Waals surface area contributed by atoms with E-state index in [-0.39, 0.29) is 56.2 Å². The molecule has 100 heavy (non-hydrogen) atoms. The quantitative estimate of drug-likeness (QED) is 0.0275. The van der Waals surface area contributed by atoms with Gasteiger partial charge in [0.05, 0.1) is 70.3 Å². The fourth-order valence-electron chi connectivity index (χ4n) is 10.5. The third kappa shape index (κ3) is 18.8. The molecule has 24 nitrogen and oxygen atoms in total. The van der Waals surface area contributed by atoms with Gasteiger partial charge in [0.2, 0.25) is 5.66 Å². The second kappa shape index (κ2) is 33.7. The highest BCUT2D eigenvalue weighted by Crippen LogP contribution is 2.35. The van der Waals surface area contributed by atoms with Crippen molar-refractivity contribution < 1.29 is 95.2 Å². The molecule has 2 N–H and O–H groups in total. The minimum atomic E-state index is -1.85. The standard InChI is InChI=1S/C75H66N4O20S/c1-75(78-79-75)46-76-74(100)77-55(42-90-72-62(98-70(86)53-38-22-8-23-39-53)60(96-68(84)51-34-18-6-19-35-51)58(94-66(82)49-30-14-4-15-31-49)56(92-72)44-88-64(80)47-26-10-2-11-27-47)43-91-73-63(99-71(87)54-40-24-9-25-41-54)61(97-69(85)52-36-20-7-21-37-52)59(95-67(83)50-32-16-5-17-33-50)57(93-73)45-89-65(81)48-28-12-3-13-29-48/h2-41,55-63,72-73H,42-46H2,1H3,(H2,76,77,100)/t56-,57-,58-,59-,60+,61+,62+,63+,72+,73+/m1/s1. The molecule has 3 heterocycles. The molecular weight excluding hydrogens is 1310 g/mol. The van der Waals surface area contributed by atoms with Gasteiger partial charge in [-0.2, -0.15) is 10.2 Å². The number of ether oxygens (including phenoxy) is 12. The Hall–Kier alpha value is -11.4. The first-order valence-corrected chi connectivity index (χ1v) is 32.1. The van der Waals surface area contributed by atoms with Crippen LogP contribution in [0.15, 0.2) is 253 Å². The van der Waals surface area contributed by atoms with E-state index in [1.165, 1.54) is 97.1 Å². The predicted octanol–water partition coefficient (Wildman–Crippen LogP) is 9.55. The Morgan fingerprint density at radius 2 is 0.610 bits per heavy atom. The van der Waals surface area contributed by atoms with Crippen molar-refractivity contribution in [1.82, 2.24) is 10.6 Å². The maximum absolute atomic E-state index is 14.5. The molecule has 3 aliphatic heterocycles. The zero-order chi connectivity index (χ0) is 69.8. The highest BCUT2D eigenvalue weighted by molar-refractivity contribution is 7.80. The van der Waals surface area contributed by atoms with Gasteiger partial charge in [0.15, 0.2) is 54.3 Å². The third-order valence-corrected chi connectivity index (χ3v) is 16.0. The Morgan fingerprint density at radius 3 is 0.870 bits per heavy atom. The van der Waals surface area contributed by atoms with E-state index in [9.17, 15) is 38.4 Å². The molecule has 0 aliphatic carbocycles. The summed E-state index contributed by atoms with van der Waals surface area (Å²) in [5.74, 6) is -7.37. The van der Waals surface area contributed by atoms with Gasteiger partial charge in [0.1, 0.15) is 25.4 Å². The van der Waals surface area contributed by atoms with Gasteiger partial charge in [-0.1, -0.05) is 146 Å². The van der Waals surface area contributed by atoms with Crippen LogP contribution in [0.2, 0.25) is 0 Å². The van der Waals surface area contributed by atoms with Gasteiger partial charge >= 0.3 is 47.8 Å². The van der Waals surface area contributed by atoms with Gasteiger partial charge in [0, 0.05) is 0 Å². The maximum Gasteiger partial charge on any atom is 0.338 e. The van der Waals surface area contributed by atoms with Crippen molar-refractivity contribution in [3.8, 4) is 0 Å².